The van der Waals surface area contributed by atoms with Crippen molar-refractivity contribution in [1.82, 2.24) is 9.78 Å². The van der Waals surface area contributed by atoms with E-state index in [1.165, 1.54) is 0 Å². The largest absolute Gasteiger partial charge is 0.377 e. The first-order chi connectivity index (χ1) is 7.70. The van der Waals surface area contributed by atoms with Crippen molar-refractivity contribution in [2.45, 2.75) is 58.3 Å². The lowest BCUT2D eigenvalue weighted by molar-refractivity contribution is -0.0662. The topological polar surface area (TPSA) is 39.1 Å². The van der Waals surface area contributed by atoms with Crippen molar-refractivity contribution in [1.29, 1.82) is 0 Å². The molecular formula is C13H23N3O. The fraction of sp³-hybridized carbons (Fsp3) is 0.769. The first-order valence-electron chi connectivity index (χ1n) is 6.17. The summed E-state index contributed by atoms with van der Waals surface area (Å²) in [6, 6.07) is 0.320. The molecular weight excluding hydrogens is 214 g/mol. The highest BCUT2D eigenvalue weighted by molar-refractivity contribution is 5.47. The zero-order valence-electron chi connectivity index (χ0n) is 11.7. The van der Waals surface area contributed by atoms with Gasteiger partial charge in [0.1, 0.15) is 0 Å². The molecule has 1 N–H and O–H groups in total. The van der Waals surface area contributed by atoms with Crippen molar-refractivity contribution in [3.8, 4) is 0 Å². The monoisotopic (exact) mass is 237 g/mol. The van der Waals surface area contributed by atoms with Gasteiger partial charge in [-0.25, -0.2) is 0 Å². The molecule has 0 spiro atoms. The second-order valence-corrected chi connectivity index (χ2v) is 6.17. The quantitative estimate of drug-likeness (QED) is 0.859. The van der Waals surface area contributed by atoms with Gasteiger partial charge in [0.2, 0.25) is 0 Å². The highest BCUT2D eigenvalue weighted by atomic mass is 16.5. The number of aromatic nitrogens is 2. The van der Waals surface area contributed by atoms with Crippen LogP contribution >= 0.6 is 0 Å². The molecule has 0 radical (unpaired) electrons. The van der Waals surface area contributed by atoms with Crippen LogP contribution in [-0.2, 0) is 11.8 Å². The minimum atomic E-state index is -0.147. The van der Waals surface area contributed by atoms with Crippen LogP contribution in [0.15, 0.2) is 6.20 Å². The van der Waals surface area contributed by atoms with Gasteiger partial charge in [0.15, 0.2) is 0 Å². The normalized spacial score (nSPS) is 26.1. The lowest BCUT2D eigenvalue weighted by Gasteiger charge is -2.28. The molecule has 1 saturated heterocycles. The molecule has 96 valence electrons. The highest BCUT2D eigenvalue weighted by Gasteiger charge is 2.46. The summed E-state index contributed by atoms with van der Waals surface area (Å²) in [5.41, 5.74) is 1.93. The number of hydrogen-bond donors (Lipinski definition) is 1. The summed E-state index contributed by atoms with van der Waals surface area (Å²) in [5, 5.41) is 7.92. The third kappa shape index (κ3) is 2.46. The summed E-state index contributed by atoms with van der Waals surface area (Å²) >= 11 is 0. The van der Waals surface area contributed by atoms with Crippen molar-refractivity contribution >= 4 is 5.69 Å². The first kappa shape index (κ1) is 12.4. The lowest BCUT2D eigenvalue weighted by Crippen LogP contribution is -2.38. The molecule has 0 bridgehead atoms. The SMILES string of the molecule is Cc1nn(C)cc1NC1CC(C)(C)OC1(C)C. The number of nitrogens with zero attached hydrogens (tertiary/aromatic N) is 2. The predicted octanol–water partition coefficient (Wildman–Crippen LogP) is 2.49. The summed E-state index contributed by atoms with van der Waals surface area (Å²) < 4.78 is 7.92. The molecule has 1 aromatic rings. The van der Waals surface area contributed by atoms with Gasteiger partial charge in [-0.15, -0.1) is 0 Å². The molecule has 4 nitrogen and oxygen atoms in total. The van der Waals surface area contributed by atoms with Crippen LogP contribution in [0.2, 0.25) is 0 Å². The van der Waals surface area contributed by atoms with Gasteiger partial charge in [0.25, 0.3) is 0 Å². The van der Waals surface area contributed by atoms with E-state index in [2.05, 4.69) is 38.1 Å². The van der Waals surface area contributed by atoms with E-state index in [0.717, 1.165) is 17.8 Å². The lowest BCUT2D eigenvalue weighted by atomic mass is 9.94. The maximum absolute atomic E-state index is 6.08. The van der Waals surface area contributed by atoms with E-state index in [0.29, 0.717) is 6.04 Å². The van der Waals surface area contributed by atoms with Gasteiger partial charge < -0.3 is 10.1 Å². The Morgan fingerprint density at radius 3 is 2.47 bits per heavy atom. The molecule has 1 fully saturated rings. The Morgan fingerprint density at radius 2 is 2.06 bits per heavy atom. The van der Waals surface area contributed by atoms with Gasteiger partial charge in [-0.2, -0.15) is 5.10 Å². The van der Waals surface area contributed by atoms with E-state index in [1.807, 2.05) is 24.9 Å². The van der Waals surface area contributed by atoms with Crippen molar-refractivity contribution in [3.63, 3.8) is 0 Å². The first-order valence-corrected chi connectivity index (χ1v) is 6.17. The van der Waals surface area contributed by atoms with Crippen LogP contribution in [0.3, 0.4) is 0 Å². The van der Waals surface area contributed by atoms with E-state index in [-0.39, 0.29) is 11.2 Å². The molecule has 1 aliphatic heterocycles. The summed E-state index contributed by atoms with van der Waals surface area (Å²) in [6.07, 6.45) is 3.03. The van der Waals surface area contributed by atoms with Crippen LogP contribution in [0.1, 0.15) is 39.8 Å². The number of anilines is 1. The minimum absolute atomic E-state index is 0.0583. The van der Waals surface area contributed by atoms with Gasteiger partial charge in [-0.1, -0.05) is 0 Å². The fourth-order valence-electron chi connectivity index (χ4n) is 2.72. The van der Waals surface area contributed by atoms with Gasteiger partial charge in [0.05, 0.1) is 28.6 Å². The Labute approximate surface area is 103 Å². The summed E-state index contributed by atoms with van der Waals surface area (Å²) in [5.74, 6) is 0. The smallest absolute Gasteiger partial charge is 0.0834 e. The Bertz CT molecular complexity index is 420. The Balaban J connectivity index is 2.17. The Hall–Kier alpha value is -1.03. The molecule has 1 aromatic heterocycles. The van der Waals surface area contributed by atoms with Crippen molar-refractivity contribution in [2.24, 2.45) is 7.05 Å². The third-order valence-electron chi connectivity index (χ3n) is 3.42. The molecule has 0 saturated carbocycles. The number of rotatable bonds is 2. The standard InChI is InChI=1S/C13H23N3O/c1-9-10(8-16(6)15-9)14-11-7-12(2,3)17-13(11,4)5/h8,11,14H,7H2,1-6H3. The van der Waals surface area contributed by atoms with E-state index in [9.17, 15) is 0 Å². The van der Waals surface area contributed by atoms with Crippen molar-refractivity contribution in [2.75, 3.05) is 5.32 Å². The Kier molecular flexibility index (Phi) is 2.73. The average molecular weight is 237 g/mol. The van der Waals surface area contributed by atoms with Crippen molar-refractivity contribution < 1.29 is 4.74 Å². The van der Waals surface area contributed by atoms with Crippen LogP contribution in [0, 0.1) is 6.92 Å². The molecule has 4 heteroatoms. The van der Waals surface area contributed by atoms with Crippen LogP contribution in [-0.4, -0.2) is 27.0 Å². The molecule has 0 aliphatic carbocycles. The molecule has 0 aromatic carbocycles. The minimum Gasteiger partial charge on any atom is -0.377 e. The van der Waals surface area contributed by atoms with Crippen LogP contribution < -0.4 is 5.32 Å². The zero-order chi connectivity index (χ0) is 12.8. The third-order valence-corrected chi connectivity index (χ3v) is 3.42. The Morgan fingerprint density at radius 1 is 1.41 bits per heavy atom. The van der Waals surface area contributed by atoms with Crippen LogP contribution in [0.25, 0.3) is 0 Å². The van der Waals surface area contributed by atoms with Gasteiger partial charge >= 0.3 is 0 Å². The summed E-state index contributed by atoms with van der Waals surface area (Å²) in [7, 11) is 1.94. The molecule has 1 aliphatic rings. The van der Waals surface area contributed by atoms with Crippen LogP contribution in [0.4, 0.5) is 5.69 Å². The number of hydrogen-bond acceptors (Lipinski definition) is 3. The van der Waals surface area contributed by atoms with Gasteiger partial charge in [0, 0.05) is 13.2 Å². The molecule has 17 heavy (non-hydrogen) atoms. The van der Waals surface area contributed by atoms with Crippen molar-refractivity contribution in [3.05, 3.63) is 11.9 Å². The van der Waals surface area contributed by atoms with Gasteiger partial charge in [-0.05, 0) is 41.0 Å². The molecule has 2 rings (SSSR count). The highest BCUT2D eigenvalue weighted by Crippen LogP contribution is 2.39. The van der Waals surface area contributed by atoms with Gasteiger partial charge in [-0.3, -0.25) is 4.68 Å². The molecule has 0 amide bonds. The summed E-state index contributed by atoms with van der Waals surface area (Å²) in [4.78, 5) is 0. The maximum Gasteiger partial charge on any atom is 0.0834 e. The molecule has 1 atom stereocenters. The van der Waals surface area contributed by atoms with E-state index in [4.69, 9.17) is 4.74 Å². The average Bonchev–Trinajstić information content (AvgIpc) is 2.50. The molecule has 1 unspecified atom stereocenters. The second-order valence-electron chi connectivity index (χ2n) is 6.17. The maximum atomic E-state index is 6.08. The number of aryl methyl sites for hydroxylation is 2. The van der Waals surface area contributed by atoms with E-state index in [1.54, 1.807) is 0 Å². The molecule has 2 heterocycles. The van der Waals surface area contributed by atoms with E-state index >= 15 is 0 Å². The second kappa shape index (κ2) is 3.73. The zero-order valence-corrected chi connectivity index (χ0v) is 11.7. The number of nitrogens with one attached hydrogen (secondary N) is 1. The summed E-state index contributed by atoms with van der Waals surface area (Å²) in [6.45, 7) is 10.6. The number of ether oxygens (including phenoxy) is 1. The predicted molar refractivity (Wildman–Crippen MR) is 69.2 cm³/mol. The van der Waals surface area contributed by atoms with Crippen LogP contribution in [0.5, 0.6) is 0 Å². The van der Waals surface area contributed by atoms with E-state index < -0.39 is 0 Å². The fourth-order valence-corrected chi connectivity index (χ4v) is 2.72.